The summed E-state index contributed by atoms with van der Waals surface area (Å²) in [5, 5.41) is 9.77. The first-order chi connectivity index (χ1) is 9.02. The molecule has 1 aliphatic rings. The quantitative estimate of drug-likeness (QED) is 0.894. The van der Waals surface area contributed by atoms with E-state index in [9.17, 15) is 18.7 Å². The molecule has 1 N–H and O–H groups in total. The number of halogens is 2. The molecule has 1 aliphatic heterocycles. The number of carbonyl (C=O) groups excluding carboxylic acids is 1. The highest BCUT2D eigenvalue weighted by molar-refractivity contribution is 5.94. The Balaban J connectivity index is 2.15. The van der Waals surface area contributed by atoms with E-state index in [1.165, 1.54) is 11.0 Å². The summed E-state index contributed by atoms with van der Waals surface area (Å²) in [6.45, 7) is 2.75. The highest BCUT2D eigenvalue weighted by atomic mass is 19.1. The van der Waals surface area contributed by atoms with Crippen molar-refractivity contribution < 1.29 is 18.7 Å². The number of hydrogen-bond donors (Lipinski definition) is 1. The Hall–Kier alpha value is -1.49. The van der Waals surface area contributed by atoms with Gasteiger partial charge in [0.25, 0.3) is 5.91 Å². The summed E-state index contributed by atoms with van der Waals surface area (Å²) in [5.74, 6) is -1.97. The van der Waals surface area contributed by atoms with Crippen molar-refractivity contribution >= 4 is 5.91 Å². The van der Waals surface area contributed by atoms with Gasteiger partial charge in [-0.3, -0.25) is 4.79 Å². The summed E-state index contributed by atoms with van der Waals surface area (Å²) in [6, 6.07) is 2.95. The van der Waals surface area contributed by atoms with E-state index >= 15 is 0 Å². The Morgan fingerprint density at radius 1 is 1.47 bits per heavy atom. The zero-order chi connectivity index (χ0) is 14.0. The van der Waals surface area contributed by atoms with Gasteiger partial charge < -0.3 is 10.0 Å². The molecule has 0 radical (unpaired) electrons. The van der Waals surface area contributed by atoms with Crippen LogP contribution in [0.4, 0.5) is 8.78 Å². The second-order valence-corrected chi connectivity index (χ2v) is 4.90. The van der Waals surface area contributed by atoms with Gasteiger partial charge in [-0.2, -0.15) is 0 Å². The Kier molecular flexibility index (Phi) is 4.14. The Bertz CT molecular complexity index is 479. The van der Waals surface area contributed by atoms with Crippen molar-refractivity contribution in [2.24, 2.45) is 5.92 Å². The maximum absolute atomic E-state index is 13.6. The number of benzene rings is 1. The van der Waals surface area contributed by atoms with Gasteiger partial charge in [0.05, 0.1) is 11.7 Å². The van der Waals surface area contributed by atoms with E-state index in [1.54, 1.807) is 0 Å². The van der Waals surface area contributed by atoms with Crippen molar-refractivity contribution in [2.45, 2.75) is 25.9 Å². The number of rotatable bonds is 2. The van der Waals surface area contributed by atoms with E-state index in [-0.39, 0.29) is 11.5 Å². The lowest BCUT2D eigenvalue weighted by Gasteiger charge is -2.35. The van der Waals surface area contributed by atoms with E-state index in [0.29, 0.717) is 25.6 Å². The van der Waals surface area contributed by atoms with Gasteiger partial charge in [-0.25, -0.2) is 8.78 Å². The summed E-state index contributed by atoms with van der Waals surface area (Å²) < 4.78 is 26.4. The molecule has 2 unspecified atom stereocenters. The topological polar surface area (TPSA) is 40.5 Å². The number of hydrogen-bond acceptors (Lipinski definition) is 2. The molecule has 3 nitrogen and oxygen atoms in total. The molecule has 0 spiro atoms. The lowest BCUT2D eigenvalue weighted by Crippen LogP contribution is -2.46. The molecule has 2 atom stereocenters. The second kappa shape index (κ2) is 5.65. The van der Waals surface area contributed by atoms with E-state index < -0.39 is 23.6 Å². The van der Waals surface area contributed by atoms with E-state index in [2.05, 4.69) is 0 Å². The largest absolute Gasteiger partial charge is 0.393 e. The second-order valence-electron chi connectivity index (χ2n) is 4.90. The zero-order valence-electron chi connectivity index (χ0n) is 10.8. The van der Waals surface area contributed by atoms with Crippen LogP contribution in [-0.4, -0.2) is 35.1 Å². The van der Waals surface area contributed by atoms with Crippen molar-refractivity contribution in [3.63, 3.8) is 0 Å². The standard InChI is InChI=1S/C14H17F2NO2/c1-2-9-8-17(6-5-13(9)18)14(19)11-4-3-10(15)7-12(11)16/h3-4,7,9,13,18H,2,5-6,8H2,1H3. The van der Waals surface area contributed by atoms with E-state index in [4.69, 9.17) is 0 Å². The van der Waals surface area contributed by atoms with Crippen LogP contribution >= 0.6 is 0 Å². The van der Waals surface area contributed by atoms with Crippen LogP contribution in [0.5, 0.6) is 0 Å². The number of nitrogens with zero attached hydrogens (tertiary/aromatic N) is 1. The molecule has 1 aromatic rings. The van der Waals surface area contributed by atoms with Gasteiger partial charge in [0.2, 0.25) is 0 Å². The average molecular weight is 269 g/mol. The van der Waals surface area contributed by atoms with Gasteiger partial charge in [0, 0.05) is 25.1 Å². The van der Waals surface area contributed by atoms with Crippen LogP contribution in [0.2, 0.25) is 0 Å². The minimum absolute atomic E-state index is 0.0150. The van der Waals surface area contributed by atoms with Crippen LogP contribution in [0.15, 0.2) is 18.2 Å². The number of piperidine rings is 1. The van der Waals surface area contributed by atoms with Crippen LogP contribution in [0.25, 0.3) is 0 Å². The predicted molar refractivity (Wildman–Crippen MR) is 66.7 cm³/mol. The highest BCUT2D eigenvalue weighted by Crippen LogP contribution is 2.22. The molecule has 0 bridgehead atoms. The number of amides is 1. The van der Waals surface area contributed by atoms with Crippen LogP contribution in [0.1, 0.15) is 30.1 Å². The third kappa shape index (κ3) is 2.92. The molecule has 2 rings (SSSR count). The molecular formula is C14H17F2NO2. The number of carbonyl (C=O) groups is 1. The summed E-state index contributed by atoms with van der Waals surface area (Å²) in [4.78, 5) is 13.7. The van der Waals surface area contributed by atoms with Crippen molar-refractivity contribution in [3.8, 4) is 0 Å². The molecule has 1 fully saturated rings. The molecule has 5 heteroatoms. The van der Waals surface area contributed by atoms with Gasteiger partial charge in [-0.1, -0.05) is 6.92 Å². The fraction of sp³-hybridized carbons (Fsp3) is 0.500. The third-order valence-electron chi connectivity index (χ3n) is 3.67. The molecule has 0 aromatic heterocycles. The van der Waals surface area contributed by atoms with Gasteiger partial charge >= 0.3 is 0 Å². The van der Waals surface area contributed by atoms with Crippen LogP contribution in [0, 0.1) is 17.6 Å². The average Bonchev–Trinajstić information content (AvgIpc) is 2.38. The summed E-state index contributed by atoms with van der Waals surface area (Å²) in [6.07, 6.45) is 0.844. The molecule has 1 aromatic carbocycles. The summed E-state index contributed by atoms with van der Waals surface area (Å²) >= 11 is 0. The molecule has 104 valence electrons. The lowest BCUT2D eigenvalue weighted by molar-refractivity contribution is 0.0226. The van der Waals surface area contributed by atoms with Gasteiger partial charge in [0.1, 0.15) is 11.6 Å². The normalized spacial score (nSPS) is 23.5. The lowest BCUT2D eigenvalue weighted by atomic mass is 9.92. The Morgan fingerprint density at radius 2 is 2.21 bits per heavy atom. The number of likely N-dealkylation sites (tertiary alicyclic amines) is 1. The molecule has 0 saturated carbocycles. The van der Waals surface area contributed by atoms with Gasteiger partial charge in [-0.15, -0.1) is 0 Å². The molecule has 1 saturated heterocycles. The van der Waals surface area contributed by atoms with Crippen molar-refractivity contribution in [1.29, 1.82) is 0 Å². The maximum Gasteiger partial charge on any atom is 0.256 e. The Labute approximate surface area is 110 Å². The maximum atomic E-state index is 13.6. The smallest absolute Gasteiger partial charge is 0.256 e. The first-order valence-electron chi connectivity index (χ1n) is 6.45. The van der Waals surface area contributed by atoms with Crippen LogP contribution < -0.4 is 0 Å². The van der Waals surface area contributed by atoms with Crippen molar-refractivity contribution in [3.05, 3.63) is 35.4 Å². The minimum atomic E-state index is -0.843. The SMILES string of the molecule is CCC1CN(C(=O)c2ccc(F)cc2F)CCC1O. The zero-order valence-corrected chi connectivity index (χ0v) is 10.8. The van der Waals surface area contributed by atoms with Gasteiger partial charge in [-0.05, 0) is 25.0 Å². The summed E-state index contributed by atoms with van der Waals surface area (Å²) in [5.41, 5.74) is -0.118. The van der Waals surface area contributed by atoms with E-state index in [0.717, 1.165) is 12.5 Å². The molecule has 1 amide bonds. The van der Waals surface area contributed by atoms with Crippen molar-refractivity contribution in [1.82, 2.24) is 4.90 Å². The monoisotopic (exact) mass is 269 g/mol. The first-order valence-corrected chi connectivity index (χ1v) is 6.45. The van der Waals surface area contributed by atoms with Crippen LogP contribution in [0.3, 0.4) is 0 Å². The molecule has 0 aliphatic carbocycles. The number of aliphatic hydroxyl groups is 1. The van der Waals surface area contributed by atoms with Crippen LogP contribution in [-0.2, 0) is 0 Å². The van der Waals surface area contributed by atoms with E-state index in [1.807, 2.05) is 6.92 Å². The molecular weight excluding hydrogens is 252 g/mol. The van der Waals surface area contributed by atoms with Crippen molar-refractivity contribution in [2.75, 3.05) is 13.1 Å². The fourth-order valence-corrected chi connectivity index (χ4v) is 2.44. The minimum Gasteiger partial charge on any atom is -0.393 e. The first kappa shape index (κ1) is 13.9. The number of aliphatic hydroxyl groups excluding tert-OH is 1. The fourth-order valence-electron chi connectivity index (χ4n) is 2.44. The highest BCUT2D eigenvalue weighted by Gasteiger charge is 2.30. The molecule has 1 heterocycles. The Morgan fingerprint density at radius 3 is 2.84 bits per heavy atom. The third-order valence-corrected chi connectivity index (χ3v) is 3.67. The molecule has 19 heavy (non-hydrogen) atoms. The van der Waals surface area contributed by atoms with Gasteiger partial charge in [0.15, 0.2) is 0 Å². The summed E-state index contributed by atoms with van der Waals surface area (Å²) in [7, 11) is 0. The predicted octanol–water partition coefficient (Wildman–Crippen LogP) is 2.20.